The van der Waals surface area contributed by atoms with Gasteiger partial charge in [-0.05, 0) is 93.0 Å². The van der Waals surface area contributed by atoms with Crippen LogP contribution in [-0.4, -0.2) is 4.98 Å². The fourth-order valence-electron chi connectivity index (χ4n) is 8.08. The van der Waals surface area contributed by atoms with Crippen LogP contribution in [0.15, 0.2) is 146 Å². The average molecular weight is 605 g/mol. The molecule has 2 nitrogen and oxygen atoms in total. The highest BCUT2D eigenvalue weighted by atomic mass is 15.2. The van der Waals surface area contributed by atoms with E-state index in [0.717, 1.165) is 27.8 Å². The fraction of sp³-hybridized carbons (Fsp3) is 0.133. The number of hydrogen-bond donors (Lipinski definition) is 0. The topological polar surface area (TPSA) is 16.1 Å². The highest BCUT2D eigenvalue weighted by Crippen LogP contribution is 2.54. The third-order valence-electron chi connectivity index (χ3n) is 10.6. The molecule has 0 atom stereocenters. The first-order valence-corrected chi connectivity index (χ1v) is 16.6. The van der Waals surface area contributed by atoms with Crippen LogP contribution in [0.1, 0.15) is 49.9 Å². The fourth-order valence-corrected chi connectivity index (χ4v) is 8.08. The molecule has 0 spiro atoms. The van der Waals surface area contributed by atoms with Gasteiger partial charge in [0.05, 0.1) is 22.6 Å². The van der Waals surface area contributed by atoms with Crippen molar-refractivity contribution in [3.63, 3.8) is 0 Å². The third-order valence-corrected chi connectivity index (χ3v) is 10.6. The highest BCUT2D eigenvalue weighted by Gasteiger charge is 2.38. The summed E-state index contributed by atoms with van der Waals surface area (Å²) in [6, 6.07) is 53.3. The second-order valence-corrected chi connectivity index (χ2v) is 14.1. The number of fused-ring (bicyclic) bond motifs is 6. The number of para-hydroxylation sites is 2. The van der Waals surface area contributed by atoms with Crippen LogP contribution >= 0.6 is 0 Å². The van der Waals surface area contributed by atoms with Crippen molar-refractivity contribution >= 4 is 28.0 Å². The van der Waals surface area contributed by atoms with Gasteiger partial charge in [0.25, 0.3) is 0 Å². The summed E-state index contributed by atoms with van der Waals surface area (Å²) in [4.78, 5) is 7.46. The van der Waals surface area contributed by atoms with E-state index in [1.54, 1.807) is 0 Å². The molecular weight excluding hydrogens is 569 g/mol. The summed E-state index contributed by atoms with van der Waals surface area (Å²) < 4.78 is 0. The zero-order chi connectivity index (χ0) is 31.9. The van der Waals surface area contributed by atoms with Gasteiger partial charge < -0.3 is 4.90 Å². The molecule has 1 aromatic heterocycles. The first kappa shape index (κ1) is 27.8. The minimum Gasteiger partial charge on any atom is -0.310 e. The number of pyridine rings is 1. The molecule has 0 saturated heterocycles. The lowest BCUT2D eigenvalue weighted by Gasteiger charge is -2.42. The number of anilines is 3. The zero-order valence-corrected chi connectivity index (χ0v) is 27.3. The predicted octanol–water partition coefficient (Wildman–Crippen LogP) is 12.0. The Labute approximate surface area is 277 Å². The summed E-state index contributed by atoms with van der Waals surface area (Å²) in [5.74, 6) is 0. The van der Waals surface area contributed by atoms with E-state index < -0.39 is 0 Å². The number of hydrogen-bond acceptors (Lipinski definition) is 2. The molecule has 47 heavy (non-hydrogen) atoms. The molecule has 7 aromatic rings. The molecule has 0 amide bonds. The summed E-state index contributed by atoms with van der Waals surface area (Å²) in [5, 5.41) is 1.15. The first-order chi connectivity index (χ1) is 22.8. The quantitative estimate of drug-likeness (QED) is 0.199. The van der Waals surface area contributed by atoms with E-state index in [1.807, 2.05) is 0 Å². The molecule has 0 bridgehead atoms. The van der Waals surface area contributed by atoms with Crippen LogP contribution in [0.2, 0.25) is 0 Å². The molecule has 226 valence electrons. The zero-order valence-electron chi connectivity index (χ0n) is 27.3. The largest absolute Gasteiger partial charge is 0.310 e. The van der Waals surface area contributed by atoms with E-state index in [9.17, 15) is 0 Å². The molecule has 0 radical (unpaired) electrons. The van der Waals surface area contributed by atoms with E-state index in [4.69, 9.17) is 4.98 Å². The molecule has 9 rings (SSSR count). The predicted molar refractivity (Wildman–Crippen MR) is 197 cm³/mol. The SMILES string of the molecule is CC1(C)c2ccccc2-c2ccc(-c3ccc4c(c3)C(C)(C)c3ccccc3N4c3cccc(-c4ccc5ccccc5n4)c3)cc21. The molecule has 2 aliphatic rings. The lowest BCUT2D eigenvalue weighted by Crippen LogP contribution is -2.30. The Bertz CT molecular complexity index is 2380. The van der Waals surface area contributed by atoms with Crippen LogP contribution < -0.4 is 4.90 Å². The van der Waals surface area contributed by atoms with Gasteiger partial charge >= 0.3 is 0 Å². The molecule has 0 fully saturated rings. The Hall–Kier alpha value is -5.47. The number of nitrogens with zero attached hydrogens (tertiary/aromatic N) is 2. The second-order valence-electron chi connectivity index (χ2n) is 14.1. The molecule has 2 heteroatoms. The summed E-state index contributed by atoms with van der Waals surface area (Å²) in [6.45, 7) is 9.44. The van der Waals surface area contributed by atoms with Gasteiger partial charge in [0, 0.05) is 27.5 Å². The van der Waals surface area contributed by atoms with E-state index in [2.05, 4.69) is 178 Å². The Morgan fingerprint density at radius 2 is 1.11 bits per heavy atom. The maximum absolute atomic E-state index is 5.02. The molecule has 0 saturated carbocycles. The normalized spacial score (nSPS) is 15.1. The van der Waals surface area contributed by atoms with Gasteiger partial charge in [-0.3, -0.25) is 0 Å². The van der Waals surface area contributed by atoms with Gasteiger partial charge in [-0.25, -0.2) is 4.98 Å². The summed E-state index contributed by atoms with van der Waals surface area (Å²) >= 11 is 0. The number of aromatic nitrogens is 1. The number of rotatable bonds is 3. The van der Waals surface area contributed by atoms with Crippen LogP contribution in [0, 0.1) is 0 Å². The summed E-state index contributed by atoms with van der Waals surface area (Å²) in [6.07, 6.45) is 0. The van der Waals surface area contributed by atoms with Gasteiger partial charge in [-0.1, -0.05) is 125 Å². The van der Waals surface area contributed by atoms with E-state index in [1.165, 1.54) is 55.9 Å². The van der Waals surface area contributed by atoms with Gasteiger partial charge in [0.1, 0.15) is 0 Å². The molecule has 0 unspecified atom stereocenters. The van der Waals surface area contributed by atoms with Crippen LogP contribution in [0.4, 0.5) is 17.1 Å². The van der Waals surface area contributed by atoms with Crippen LogP contribution in [0.25, 0.3) is 44.4 Å². The maximum Gasteiger partial charge on any atom is 0.0710 e. The first-order valence-electron chi connectivity index (χ1n) is 16.6. The van der Waals surface area contributed by atoms with Crippen molar-refractivity contribution < 1.29 is 0 Å². The maximum atomic E-state index is 5.02. The molecule has 2 heterocycles. The molecule has 0 N–H and O–H groups in total. The average Bonchev–Trinajstić information content (AvgIpc) is 3.34. The molecule has 1 aliphatic heterocycles. The smallest absolute Gasteiger partial charge is 0.0710 e. The van der Waals surface area contributed by atoms with Gasteiger partial charge in [-0.2, -0.15) is 0 Å². The van der Waals surface area contributed by atoms with Crippen molar-refractivity contribution in [2.24, 2.45) is 0 Å². The number of benzene rings is 6. The monoisotopic (exact) mass is 604 g/mol. The van der Waals surface area contributed by atoms with Gasteiger partial charge in [-0.15, -0.1) is 0 Å². The van der Waals surface area contributed by atoms with Crippen LogP contribution in [0.3, 0.4) is 0 Å². The summed E-state index contributed by atoms with van der Waals surface area (Å²) in [7, 11) is 0. The molecule has 6 aromatic carbocycles. The van der Waals surface area contributed by atoms with Crippen molar-refractivity contribution in [2.75, 3.05) is 4.90 Å². The van der Waals surface area contributed by atoms with Crippen molar-refractivity contribution in [1.29, 1.82) is 0 Å². The highest BCUT2D eigenvalue weighted by molar-refractivity contribution is 5.90. The Morgan fingerprint density at radius 3 is 1.98 bits per heavy atom. The van der Waals surface area contributed by atoms with Crippen molar-refractivity contribution in [3.8, 4) is 33.5 Å². The van der Waals surface area contributed by atoms with Gasteiger partial charge in [0.15, 0.2) is 0 Å². The van der Waals surface area contributed by atoms with E-state index in [-0.39, 0.29) is 10.8 Å². The third kappa shape index (κ3) is 4.14. The van der Waals surface area contributed by atoms with E-state index in [0.29, 0.717) is 0 Å². The summed E-state index contributed by atoms with van der Waals surface area (Å²) in [5.41, 5.74) is 17.1. The second kappa shape index (κ2) is 10.0. The van der Waals surface area contributed by atoms with Gasteiger partial charge in [0.2, 0.25) is 0 Å². The standard InChI is InChI=1S/C45H36N2/c1-44(2)36-16-7-6-15-34(36)35-23-20-30(27-38(35)44)31-22-25-43-39(28-31)45(3,4)37-17-8-10-19-42(37)47(43)33-14-11-13-32(26-33)41-24-21-29-12-5-9-18-40(29)46-41/h5-28H,1-4H3. The Balaban J connectivity index is 1.18. The Kier molecular flexibility index (Phi) is 5.92. The van der Waals surface area contributed by atoms with Crippen molar-refractivity contribution in [1.82, 2.24) is 4.98 Å². The minimum absolute atomic E-state index is 0.0317. The van der Waals surface area contributed by atoms with Crippen molar-refractivity contribution in [3.05, 3.63) is 168 Å². The Morgan fingerprint density at radius 1 is 0.447 bits per heavy atom. The van der Waals surface area contributed by atoms with Crippen LogP contribution in [0.5, 0.6) is 0 Å². The molecule has 1 aliphatic carbocycles. The van der Waals surface area contributed by atoms with Crippen LogP contribution in [-0.2, 0) is 10.8 Å². The lowest BCUT2D eigenvalue weighted by molar-refractivity contribution is 0.632. The van der Waals surface area contributed by atoms with E-state index >= 15 is 0 Å². The van der Waals surface area contributed by atoms with Crippen molar-refractivity contribution in [2.45, 2.75) is 38.5 Å². The lowest BCUT2D eigenvalue weighted by atomic mass is 9.72. The minimum atomic E-state index is -0.178. The molecular formula is C45H36N2.